The number of nitrogens with zero attached hydrogens (tertiary/aromatic N) is 1. The Morgan fingerprint density at radius 1 is 0.450 bits per heavy atom. The van der Waals surface area contributed by atoms with E-state index in [9.17, 15) is 19.4 Å². The third-order valence-electron chi connectivity index (χ3n) is 13.5. The summed E-state index contributed by atoms with van der Waals surface area (Å²) in [5.74, 6) is -0.236. The van der Waals surface area contributed by atoms with Crippen molar-refractivity contribution in [3.05, 3.63) is 146 Å². The van der Waals surface area contributed by atoms with Crippen LogP contribution in [0.2, 0.25) is 0 Å². The summed E-state index contributed by atoms with van der Waals surface area (Å²) in [6.07, 6.45) is 92.3. The number of rotatable bonds is 57. The number of aliphatic hydroxyl groups excluding tert-OH is 1. The maximum atomic E-state index is 13.0. The molecule has 2 N–H and O–H groups in total. The number of nitrogens with one attached hydrogen (secondary N) is 1. The van der Waals surface area contributed by atoms with Gasteiger partial charge in [0.1, 0.15) is 13.2 Å². The first-order valence-electron chi connectivity index (χ1n) is 32.2. The number of quaternary nitrogens is 1. The maximum absolute atomic E-state index is 13.0. The molecule has 0 aliphatic heterocycles. The third-order valence-corrected chi connectivity index (χ3v) is 14.5. The number of amides is 1. The van der Waals surface area contributed by atoms with Gasteiger partial charge in [-0.2, -0.15) is 0 Å². The van der Waals surface area contributed by atoms with Gasteiger partial charge in [0.15, 0.2) is 0 Å². The Morgan fingerprint density at radius 2 is 0.775 bits per heavy atom. The molecule has 0 spiro atoms. The van der Waals surface area contributed by atoms with E-state index in [1.165, 1.54) is 109 Å². The lowest BCUT2D eigenvalue weighted by molar-refractivity contribution is -0.870. The Balaban J connectivity index is 4.30. The van der Waals surface area contributed by atoms with Crippen LogP contribution in [0.15, 0.2) is 146 Å². The second kappa shape index (κ2) is 60.0. The summed E-state index contributed by atoms with van der Waals surface area (Å²) in [7, 11) is 1.21. The largest absolute Gasteiger partial charge is 0.756 e. The van der Waals surface area contributed by atoms with Gasteiger partial charge in [0, 0.05) is 6.42 Å². The van der Waals surface area contributed by atoms with E-state index < -0.39 is 26.6 Å². The molecule has 0 aromatic heterocycles. The molecule has 0 saturated carbocycles. The molecule has 0 bridgehead atoms. The summed E-state index contributed by atoms with van der Waals surface area (Å²) < 4.78 is 23.4. The van der Waals surface area contributed by atoms with Crippen molar-refractivity contribution in [2.45, 2.75) is 257 Å². The molecule has 0 rings (SSSR count). The zero-order valence-electron chi connectivity index (χ0n) is 52.0. The predicted octanol–water partition coefficient (Wildman–Crippen LogP) is 19.8. The van der Waals surface area contributed by atoms with Crippen LogP contribution in [0.4, 0.5) is 0 Å². The van der Waals surface area contributed by atoms with Crippen molar-refractivity contribution < 1.29 is 32.9 Å². The molecule has 0 heterocycles. The fourth-order valence-corrected chi connectivity index (χ4v) is 9.27. The number of hydrogen-bond donors (Lipinski definition) is 2. The molecule has 0 aromatic carbocycles. The highest BCUT2D eigenvalue weighted by molar-refractivity contribution is 7.45. The number of aliphatic hydroxyl groups is 1. The monoisotopic (exact) mass is 1130 g/mol. The van der Waals surface area contributed by atoms with E-state index in [-0.39, 0.29) is 12.5 Å². The number of phosphoric acid groups is 1. The summed E-state index contributed by atoms with van der Waals surface area (Å²) in [5.41, 5.74) is 0. The number of likely N-dealkylation sites (N-methyl/N-ethyl adjacent to an activating group) is 1. The van der Waals surface area contributed by atoms with Crippen LogP contribution in [0, 0.1) is 0 Å². The Morgan fingerprint density at radius 3 is 1.16 bits per heavy atom. The van der Waals surface area contributed by atoms with Gasteiger partial charge in [-0.25, -0.2) is 0 Å². The van der Waals surface area contributed by atoms with Gasteiger partial charge in [-0.05, 0) is 109 Å². The third kappa shape index (κ3) is 62.0. The maximum Gasteiger partial charge on any atom is 0.268 e. The van der Waals surface area contributed by atoms with Crippen molar-refractivity contribution in [1.82, 2.24) is 5.32 Å². The molecule has 80 heavy (non-hydrogen) atoms. The number of carbonyl (C=O) groups is 1. The Kier molecular flexibility index (Phi) is 57.3. The molecular weight excluding hydrogens is 1010 g/mol. The minimum absolute atomic E-state index is 0.0196. The lowest BCUT2D eigenvalue weighted by atomic mass is 10.0. The molecule has 0 saturated heterocycles. The van der Waals surface area contributed by atoms with Crippen molar-refractivity contribution >= 4 is 13.7 Å². The van der Waals surface area contributed by atoms with Crippen molar-refractivity contribution in [1.29, 1.82) is 0 Å². The van der Waals surface area contributed by atoms with E-state index in [2.05, 4.69) is 153 Å². The molecule has 0 aliphatic carbocycles. The Labute approximate surface area is 493 Å². The average molecular weight is 1130 g/mol. The lowest BCUT2D eigenvalue weighted by Gasteiger charge is -2.29. The highest BCUT2D eigenvalue weighted by Crippen LogP contribution is 2.38. The summed E-state index contributed by atoms with van der Waals surface area (Å²) in [6, 6.07) is -0.930. The fourth-order valence-electron chi connectivity index (χ4n) is 8.55. The van der Waals surface area contributed by atoms with Crippen LogP contribution < -0.4 is 10.2 Å². The van der Waals surface area contributed by atoms with Crippen LogP contribution in [0.3, 0.4) is 0 Å². The summed E-state index contributed by atoms with van der Waals surface area (Å²) in [6.45, 7) is 4.49. The van der Waals surface area contributed by atoms with E-state index in [0.717, 1.165) is 109 Å². The minimum atomic E-state index is -4.63. The van der Waals surface area contributed by atoms with E-state index in [1.54, 1.807) is 6.08 Å². The first-order chi connectivity index (χ1) is 39.0. The number of unbranched alkanes of at least 4 members (excludes halogenated alkanes) is 22. The second-order valence-electron chi connectivity index (χ2n) is 22.4. The van der Waals surface area contributed by atoms with Crippen LogP contribution in [-0.4, -0.2) is 68.5 Å². The van der Waals surface area contributed by atoms with Crippen molar-refractivity contribution in [2.75, 3.05) is 40.9 Å². The molecule has 0 aliphatic rings. The molecule has 0 fully saturated rings. The SMILES string of the molecule is CC/C=C\C/C=C\C/C=C\C/C=C\C/C=C\C/C=C\C/C=C\C/C=C\C/C=C\C/C=C\CCCCCCC(=O)NC(COP(=O)([O-])OCC[N+](C)(C)C)C(O)/C=C/CC/C=C/CCCCCCCCCCCCCCCCCCC. The first-order valence-corrected chi connectivity index (χ1v) is 33.7. The molecule has 0 aromatic rings. The molecule has 0 radical (unpaired) electrons. The van der Waals surface area contributed by atoms with Gasteiger partial charge in [0.05, 0.1) is 39.9 Å². The van der Waals surface area contributed by atoms with Crippen LogP contribution in [0.5, 0.6) is 0 Å². The van der Waals surface area contributed by atoms with Gasteiger partial charge < -0.3 is 28.8 Å². The van der Waals surface area contributed by atoms with E-state index >= 15 is 0 Å². The van der Waals surface area contributed by atoms with Crippen LogP contribution in [0.1, 0.15) is 245 Å². The smallest absolute Gasteiger partial charge is 0.268 e. The van der Waals surface area contributed by atoms with Gasteiger partial charge >= 0.3 is 0 Å². The predicted molar refractivity (Wildman–Crippen MR) is 348 cm³/mol. The van der Waals surface area contributed by atoms with Crippen molar-refractivity contribution in [3.8, 4) is 0 Å². The minimum Gasteiger partial charge on any atom is -0.756 e. The Hall–Kier alpha value is -3.62. The topological polar surface area (TPSA) is 108 Å². The number of phosphoric ester groups is 1. The highest BCUT2D eigenvalue weighted by Gasteiger charge is 2.23. The van der Waals surface area contributed by atoms with Gasteiger partial charge in [-0.3, -0.25) is 9.36 Å². The van der Waals surface area contributed by atoms with E-state index in [0.29, 0.717) is 23.9 Å². The molecule has 8 nitrogen and oxygen atoms in total. The molecule has 3 unspecified atom stereocenters. The molecule has 456 valence electrons. The Bertz CT molecular complexity index is 1810. The number of carbonyl (C=O) groups excluding carboxylic acids is 1. The van der Waals surface area contributed by atoms with Gasteiger partial charge in [-0.15, -0.1) is 0 Å². The second-order valence-corrected chi connectivity index (χ2v) is 23.8. The lowest BCUT2D eigenvalue weighted by Crippen LogP contribution is -2.45. The standard InChI is InChI=1S/C71H121N2O6P/c1-6-8-10-12-14-16-18-20-22-24-26-28-30-31-32-33-34-35-36-37-38-39-40-41-43-45-47-49-51-53-55-57-59-61-63-65-71(75)72-69(68-79-80(76,77)78-67-66-73(3,4)5)70(74)64-62-60-58-56-54-52-50-48-46-44-42-29-27-25-23-21-19-17-15-13-11-9-7-2/h8,10,14,16,20,22,26,28,31-32,34-35,37-38,40-41,45,47,51,53-54,56,62,64,69-70,74H,6-7,9,11-13,15,17-19,21,23-25,27,29-30,33,36,39,42-44,46,48-50,52,55,57-61,63,65-68H2,1-5H3,(H-,72,75,76,77)/b10-8-,16-14-,22-20-,28-26-,32-31-,35-34-,38-37-,41-40-,47-45-,53-51-,56-54+,64-62+. The average Bonchev–Trinajstić information content (AvgIpc) is 3.42. The quantitative estimate of drug-likeness (QED) is 0.0272. The molecular formula is C71H121N2O6P. The van der Waals surface area contributed by atoms with Gasteiger partial charge in [-0.1, -0.05) is 275 Å². The van der Waals surface area contributed by atoms with Crippen molar-refractivity contribution in [2.24, 2.45) is 0 Å². The summed E-state index contributed by atoms with van der Waals surface area (Å²) in [5, 5.41) is 13.9. The number of allylic oxidation sites excluding steroid dienone is 23. The van der Waals surface area contributed by atoms with Crippen LogP contribution in [0.25, 0.3) is 0 Å². The van der Waals surface area contributed by atoms with E-state index in [1.807, 2.05) is 27.2 Å². The van der Waals surface area contributed by atoms with Gasteiger partial charge in [0.25, 0.3) is 7.82 Å². The molecule has 1 amide bonds. The first kappa shape index (κ1) is 76.4. The zero-order chi connectivity index (χ0) is 58.4. The highest BCUT2D eigenvalue weighted by atomic mass is 31.2. The fraction of sp³-hybridized carbons (Fsp3) is 0.648. The molecule has 9 heteroatoms. The normalized spacial score (nSPS) is 14.7. The number of hydrogen-bond acceptors (Lipinski definition) is 6. The summed E-state index contributed by atoms with van der Waals surface area (Å²) >= 11 is 0. The van der Waals surface area contributed by atoms with Gasteiger partial charge in [0.2, 0.25) is 5.91 Å². The zero-order valence-corrected chi connectivity index (χ0v) is 52.9. The molecule has 3 atom stereocenters. The van der Waals surface area contributed by atoms with Crippen LogP contribution in [-0.2, 0) is 18.4 Å². The van der Waals surface area contributed by atoms with Crippen LogP contribution >= 0.6 is 7.82 Å². The van der Waals surface area contributed by atoms with Crippen molar-refractivity contribution in [3.63, 3.8) is 0 Å². The summed E-state index contributed by atoms with van der Waals surface area (Å²) in [4.78, 5) is 25.6. The van der Waals surface area contributed by atoms with E-state index in [4.69, 9.17) is 9.05 Å².